The van der Waals surface area contributed by atoms with Gasteiger partial charge in [0.1, 0.15) is 11.5 Å². The van der Waals surface area contributed by atoms with Crippen molar-refractivity contribution < 1.29 is 4.74 Å². The highest BCUT2D eigenvalue weighted by Crippen LogP contribution is 2.42. The molecule has 37 heavy (non-hydrogen) atoms. The lowest BCUT2D eigenvalue weighted by atomic mass is 9.34. The van der Waals surface area contributed by atoms with Crippen LogP contribution in [0.5, 0.6) is 11.5 Å². The quantitative estimate of drug-likeness (QED) is 0.261. The van der Waals surface area contributed by atoms with Crippen LogP contribution in [0, 0.1) is 13.8 Å². The first-order valence-electron chi connectivity index (χ1n) is 12.9. The molecule has 0 atom stereocenters. The molecular weight excluding hydrogens is 449 g/mol. The standard InChI is InChI=1S/C34H24BNO/c1-21-22(2)36-30-18-9-8-16-28(30)35-29-17-10-15-27(34(29)37-31-20-19-24(21)33(36)32(31)35)26-14-7-6-13-25(26)23-11-4-3-5-12-23/h3-20H,1-2H3. The second-order valence-electron chi connectivity index (χ2n) is 10.1. The lowest BCUT2D eigenvalue weighted by Gasteiger charge is -2.34. The number of hydrogen-bond donors (Lipinski definition) is 0. The molecule has 2 aliphatic heterocycles. The summed E-state index contributed by atoms with van der Waals surface area (Å²) in [6, 6.07) is 39.2. The Balaban J connectivity index is 1.44. The Morgan fingerprint density at radius 1 is 0.622 bits per heavy atom. The van der Waals surface area contributed by atoms with Gasteiger partial charge in [-0.2, -0.15) is 0 Å². The van der Waals surface area contributed by atoms with Crippen LogP contribution in [0.25, 0.3) is 38.8 Å². The fourth-order valence-corrected chi connectivity index (χ4v) is 6.55. The summed E-state index contributed by atoms with van der Waals surface area (Å²) in [4.78, 5) is 0. The first kappa shape index (κ1) is 20.7. The molecule has 0 spiro atoms. The van der Waals surface area contributed by atoms with Crippen LogP contribution >= 0.6 is 0 Å². The second kappa shape index (κ2) is 7.50. The van der Waals surface area contributed by atoms with E-state index in [4.69, 9.17) is 4.74 Å². The van der Waals surface area contributed by atoms with Crippen LogP contribution in [-0.4, -0.2) is 11.3 Å². The minimum Gasteiger partial charge on any atom is -0.458 e. The van der Waals surface area contributed by atoms with Crippen LogP contribution in [0.3, 0.4) is 0 Å². The maximum atomic E-state index is 6.87. The van der Waals surface area contributed by atoms with E-state index in [2.05, 4.69) is 128 Å². The first-order chi connectivity index (χ1) is 18.2. The molecule has 0 bridgehead atoms. The normalized spacial score (nSPS) is 12.8. The molecule has 6 aromatic rings. The Morgan fingerprint density at radius 3 is 2.19 bits per heavy atom. The van der Waals surface area contributed by atoms with Crippen molar-refractivity contribution >= 4 is 34.0 Å². The third-order valence-electron chi connectivity index (χ3n) is 8.33. The van der Waals surface area contributed by atoms with E-state index in [1.54, 1.807) is 0 Å². The van der Waals surface area contributed by atoms with Crippen LogP contribution in [0.2, 0.25) is 0 Å². The molecule has 2 nitrogen and oxygen atoms in total. The van der Waals surface area contributed by atoms with Gasteiger partial charge in [-0.15, -0.1) is 0 Å². The largest absolute Gasteiger partial charge is 0.458 e. The Morgan fingerprint density at radius 2 is 1.32 bits per heavy atom. The summed E-state index contributed by atoms with van der Waals surface area (Å²) in [6.45, 7) is 4.60. The summed E-state index contributed by atoms with van der Waals surface area (Å²) in [6.07, 6.45) is 0. The van der Waals surface area contributed by atoms with Gasteiger partial charge in [0.15, 0.2) is 0 Å². The number of nitrogens with zero attached hydrogens (tertiary/aromatic N) is 1. The third kappa shape index (κ3) is 2.72. The summed E-state index contributed by atoms with van der Waals surface area (Å²) in [7, 11) is 0. The van der Waals surface area contributed by atoms with Crippen molar-refractivity contribution in [2.75, 3.05) is 0 Å². The van der Waals surface area contributed by atoms with Gasteiger partial charge in [-0.05, 0) is 70.7 Å². The summed E-state index contributed by atoms with van der Waals surface area (Å²) >= 11 is 0. The molecular formula is C34H24BNO. The van der Waals surface area contributed by atoms with Gasteiger partial charge in [0.25, 0.3) is 6.71 Å². The monoisotopic (exact) mass is 473 g/mol. The van der Waals surface area contributed by atoms with Gasteiger partial charge in [-0.25, -0.2) is 0 Å². The molecule has 0 amide bonds. The summed E-state index contributed by atoms with van der Waals surface area (Å²) in [5.74, 6) is 1.92. The van der Waals surface area contributed by atoms with E-state index in [1.165, 1.54) is 60.9 Å². The summed E-state index contributed by atoms with van der Waals surface area (Å²) in [5, 5.41) is 1.31. The highest BCUT2D eigenvalue weighted by atomic mass is 16.5. The van der Waals surface area contributed by atoms with Crippen molar-refractivity contribution in [2.45, 2.75) is 13.8 Å². The Hall–Kier alpha value is -4.50. The molecule has 0 saturated carbocycles. The fourth-order valence-electron chi connectivity index (χ4n) is 6.55. The predicted molar refractivity (Wildman–Crippen MR) is 155 cm³/mol. The number of fused-ring (bicyclic) bond motifs is 5. The number of ether oxygens (including phenoxy) is 1. The van der Waals surface area contributed by atoms with Crippen molar-refractivity contribution in [3.63, 3.8) is 0 Å². The molecule has 0 N–H and O–H groups in total. The van der Waals surface area contributed by atoms with Crippen molar-refractivity contribution in [3.8, 4) is 39.4 Å². The Labute approximate surface area is 216 Å². The molecule has 174 valence electrons. The minimum atomic E-state index is 0.128. The first-order valence-corrected chi connectivity index (χ1v) is 12.9. The molecule has 0 fully saturated rings. The van der Waals surface area contributed by atoms with Crippen molar-refractivity contribution in [3.05, 3.63) is 120 Å². The van der Waals surface area contributed by atoms with E-state index in [0.717, 1.165) is 17.1 Å². The van der Waals surface area contributed by atoms with Crippen LogP contribution in [0.1, 0.15) is 11.3 Å². The number of hydrogen-bond acceptors (Lipinski definition) is 1. The highest BCUT2D eigenvalue weighted by molar-refractivity contribution is 6.99. The van der Waals surface area contributed by atoms with Gasteiger partial charge in [0, 0.05) is 22.3 Å². The Bertz CT molecular complexity index is 1880. The lowest BCUT2D eigenvalue weighted by Crippen LogP contribution is -2.58. The average Bonchev–Trinajstić information content (AvgIpc) is 3.22. The molecule has 0 aliphatic carbocycles. The average molecular weight is 473 g/mol. The summed E-state index contributed by atoms with van der Waals surface area (Å²) in [5.41, 5.74) is 13.8. The topological polar surface area (TPSA) is 14.2 Å². The zero-order chi connectivity index (χ0) is 24.7. The molecule has 3 heterocycles. The minimum absolute atomic E-state index is 0.128. The van der Waals surface area contributed by atoms with Gasteiger partial charge < -0.3 is 9.30 Å². The molecule has 8 rings (SSSR count). The van der Waals surface area contributed by atoms with Gasteiger partial charge in [-0.1, -0.05) is 91.0 Å². The summed E-state index contributed by atoms with van der Waals surface area (Å²) < 4.78 is 9.31. The maximum Gasteiger partial charge on any atom is 0.256 e. The van der Waals surface area contributed by atoms with Gasteiger partial charge in [0.2, 0.25) is 0 Å². The fraction of sp³-hybridized carbons (Fsp3) is 0.0588. The Kier molecular flexibility index (Phi) is 4.19. The number of para-hydroxylation sites is 2. The highest BCUT2D eigenvalue weighted by Gasteiger charge is 2.41. The van der Waals surface area contributed by atoms with E-state index in [-0.39, 0.29) is 6.71 Å². The van der Waals surface area contributed by atoms with Crippen LogP contribution in [0.15, 0.2) is 109 Å². The third-order valence-corrected chi connectivity index (χ3v) is 8.33. The van der Waals surface area contributed by atoms with E-state index < -0.39 is 0 Å². The smallest absolute Gasteiger partial charge is 0.256 e. The van der Waals surface area contributed by atoms with Gasteiger partial charge >= 0.3 is 0 Å². The molecule has 1 aromatic heterocycles. The number of rotatable bonds is 2. The predicted octanol–water partition coefficient (Wildman–Crippen LogP) is 6.52. The van der Waals surface area contributed by atoms with Gasteiger partial charge in [0.05, 0.1) is 5.52 Å². The SMILES string of the molecule is Cc1c(C)n2c3c4c(ccc13)Oc1c(cccc1-c1ccccc1-c1ccccc1)B4c1ccccc1-2. The number of aryl methyl sites for hydroxylation is 1. The van der Waals surface area contributed by atoms with Crippen molar-refractivity contribution in [2.24, 2.45) is 0 Å². The lowest BCUT2D eigenvalue weighted by molar-refractivity contribution is 0.489. The second-order valence-corrected chi connectivity index (χ2v) is 10.1. The zero-order valence-corrected chi connectivity index (χ0v) is 20.8. The number of aromatic nitrogens is 1. The van der Waals surface area contributed by atoms with Crippen LogP contribution < -0.4 is 21.1 Å². The van der Waals surface area contributed by atoms with E-state index >= 15 is 0 Å². The molecule has 0 radical (unpaired) electrons. The zero-order valence-electron chi connectivity index (χ0n) is 20.8. The van der Waals surface area contributed by atoms with Gasteiger partial charge in [-0.3, -0.25) is 0 Å². The maximum absolute atomic E-state index is 6.87. The van der Waals surface area contributed by atoms with Crippen molar-refractivity contribution in [1.82, 2.24) is 4.57 Å². The van der Waals surface area contributed by atoms with Crippen LogP contribution in [-0.2, 0) is 0 Å². The van der Waals surface area contributed by atoms with E-state index in [1.807, 2.05) is 0 Å². The van der Waals surface area contributed by atoms with E-state index in [0.29, 0.717) is 0 Å². The molecule has 0 unspecified atom stereocenters. The number of benzene rings is 5. The van der Waals surface area contributed by atoms with Crippen molar-refractivity contribution in [1.29, 1.82) is 0 Å². The molecule has 5 aromatic carbocycles. The molecule has 3 heteroatoms. The molecule has 0 saturated heterocycles. The van der Waals surface area contributed by atoms with Crippen LogP contribution in [0.4, 0.5) is 0 Å². The van der Waals surface area contributed by atoms with E-state index in [9.17, 15) is 0 Å². The molecule has 2 aliphatic rings.